The van der Waals surface area contributed by atoms with E-state index in [2.05, 4.69) is 10.3 Å². The standard InChI is InChI=1S/C14H19F3N2O/c1-9-6-7-13(20)12(19-9)8-18-11-5-3-2-4-10(11)14(15,16)17/h6-7,10-11,18,20H,2-5,8H2,1H3/t10-,11-/m0/s1. The molecule has 2 rings (SSSR count). The van der Waals surface area contributed by atoms with Crippen LogP contribution in [0.2, 0.25) is 0 Å². The van der Waals surface area contributed by atoms with Crippen LogP contribution < -0.4 is 5.32 Å². The van der Waals surface area contributed by atoms with Crippen LogP contribution in [0.25, 0.3) is 0 Å². The molecule has 2 atom stereocenters. The van der Waals surface area contributed by atoms with E-state index in [0.29, 0.717) is 18.5 Å². The highest BCUT2D eigenvalue weighted by atomic mass is 19.4. The summed E-state index contributed by atoms with van der Waals surface area (Å²) in [6.45, 7) is 1.94. The molecule has 6 heteroatoms. The number of nitrogens with zero attached hydrogens (tertiary/aromatic N) is 1. The van der Waals surface area contributed by atoms with Crippen molar-refractivity contribution in [3.05, 3.63) is 23.5 Å². The minimum atomic E-state index is -4.17. The van der Waals surface area contributed by atoms with Crippen LogP contribution in [0.1, 0.15) is 37.1 Å². The van der Waals surface area contributed by atoms with Gasteiger partial charge < -0.3 is 10.4 Å². The summed E-state index contributed by atoms with van der Waals surface area (Å²) in [7, 11) is 0. The third kappa shape index (κ3) is 3.62. The van der Waals surface area contributed by atoms with Crippen molar-refractivity contribution in [2.45, 2.75) is 51.4 Å². The van der Waals surface area contributed by atoms with E-state index in [-0.39, 0.29) is 18.7 Å². The highest BCUT2D eigenvalue weighted by Gasteiger charge is 2.45. The van der Waals surface area contributed by atoms with Gasteiger partial charge in [0.2, 0.25) is 0 Å². The molecule has 1 aliphatic carbocycles. The van der Waals surface area contributed by atoms with Gasteiger partial charge in [0, 0.05) is 18.3 Å². The Hall–Kier alpha value is -1.30. The van der Waals surface area contributed by atoms with Gasteiger partial charge in [0.05, 0.1) is 11.6 Å². The van der Waals surface area contributed by atoms with E-state index >= 15 is 0 Å². The van der Waals surface area contributed by atoms with Crippen LogP contribution in [0.15, 0.2) is 12.1 Å². The summed E-state index contributed by atoms with van der Waals surface area (Å²) >= 11 is 0. The number of aryl methyl sites for hydroxylation is 1. The summed E-state index contributed by atoms with van der Waals surface area (Å²) in [5, 5.41) is 12.6. The van der Waals surface area contributed by atoms with Gasteiger partial charge in [0.1, 0.15) is 5.75 Å². The molecule has 0 bridgehead atoms. The second-order valence-corrected chi connectivity index (χ2v) is 5.34. The maximum Gasteiger partial charge on any atom is 0.393 e. The van der Waals surface area contributed by atoms with Crippen LogP contribution in [0.4, 0.5) is 13.2 Å². The zero-order valence-corrected chi connectivity index (χ0v) is 11.4. The molecule has 0 spiro atoms. The lowest BCUT2D eigenvalue weighted by molar-refractivity contribution is -0.189. The fourth-order valence-corrected chi connectivity index (χ4v) is 2.73. The Morgan fingerprint density at radius 3 is 2.70 bits per heavy atom. The Morgan fingerprint density at radius 2 is 2.00 bits per heavy atom. The van der Waals surface area contributed by atoms with Crippen LogP contribution in [0, 0.1) is 12.8 Å². The van der Waals surface area contributed by atoms with Gasteiger partial charge in [-0.25, -0.2) is 0 Å². The normalized spacial score (nSPS) is 23.8. The van der Waals surface area contributed by atoms with E-state index in [9.17, 15) is 18.3 Å². The lowest BCUT2D eigenvalue weighted by Crippen LogP contribution is -2.45. The molecule has 0 unspecified atom stereocenters. The number of nitrogens with one attached hydrogen (secondary N) is 1. The van der Waals surface area contributed by atoms with E-state index in [4.69, 9.17) is 0 Å². The molecule has 112 valence electrons. The molecule has 0 radical (unpaired) electrons. The number of rotatable bonds is 3. The highest BCUT2D eigenvalue weighted by molar-refractivity contribution is 5.27. The van der Waals surface area contributed by atoms with Gasteiger partial charge in [-0.2, -0.15) is 13.2 Å². The van der Waals surface area contributed by atoms with E-state index in [1.165, 1.54) is 6.07 Å². The van der Waals surface area contributed by atoms with Crippen molar-refractivity contribution in [3.63, 3.8) is 0 Å². The third-order valence-corrected chi connectivity index (χ3v) is 3.81. The lowest BCUT2D eigenvalue weighted by atomic mass is 9.84. The molecule has 1 aliphatic rings. The van der Waals surface area contributed by atoms with Gasteiger partial charge in [-0.05, 0) is 31.9 Å². The molecular formula is C14H19F3N2O. The van der Waals surface area contributed by atoms with Gasteiger partial charge in [-0.15, -0.1) is 0 Å². The Kier molecular flexibility index (Phi) is 4.52. The molecule has 0 aromatic carbocycles. The number of hydrogen-bond acceptors (Lipinski definition) is 3. The molecule has 1 heterocycles. The van der Waals surface area contributed by atoms with Crippen molar-refractivity contribution < 1.29 is 18.3 Å². The molecule has 1 aromatic rings. The maximum atomic E-state index is 13.0. The summed E-state index contributed by atoms with van der Waals surface area (Å²) in [6, 6.07) is 2.59. The number of aromatic hydroxyl groups is 1. The molecule has 1 saturated carbocycles. The quantitative estimate of drug-likeness (QED) is 0.897. The van der Waals surface area contributed by atoms with Crippen LogP contribution in [-0.2, 0) is 6.54 Å². The first-order valence-corrected chi connectivity index (χ1v) is 6.83. The topological polar surface area (TPSA) is 45.1 Å². The maximum absolute atomic E-state index is 13.0. The number of halogens is 3. The predicted molar refractivity (Wildman–Crippen MR) is 69.3 cm³/mol. The fourth-order valence-electron chi connectivity index (χ4n) is 2.73. The highest BCUT2D eigenvalue weighted by Crippen LogP contribution is 2.37. The van der Waals surface area contributed by atoms with Gasteiger partial charge in [-0.3, -0.25) is 4.98 Å². The van der Waals surface area contributed by atoms with E-state index in [0.717, 1.165) is 12.1 Å². The molecule has 3 nitrogen and oxygen atoms in total. The average Bonchev–Trinajstić information content (AvgIpc) is 2.39. The smallest absolute Gasteiger partial charge is 0.393 e. The molecule has 20 heavy (non-hydrogen) atoms. The van der Waals surface area contributed by atoms with Crippen LogP contribution >= 0.6 is 0 Å². The van der Waals surface area contributed by atoms with Crippen molar-refractivity contribution in [2.24, 2.45) is 5.92 Å². The summed E-state index contributed by atoms with van der Waals surface area (Å²) in [6.07, 6.45) is -2.06. The van der Waals surface area contributed by atoms with Crippen molar-refractivity contribution in [2.75, 3.05) is 0 Å². The van der Waals surface area contributed by atoms with Crippen molar-refractivity contribution in [3.8, 4) is 5.75 Å². The Bertz CT molecular complexity index is 462. The molecular weight excluding hydrogens is 269 g/mol. The summed E-state index contributed by atoms with van der Waals surface area (Å²) < 4.78 is 38.9. The largest absolute Gasteiger partial charge is 0.506 e. The Balaban J connectivity index is 2.03. The SMILES string of the molecule is Cc1ccc(O)c(CN[C@H]2CCCC[C@@H]2C(F)(F)F)n1. The first kappa shape index (κ1) is 15.1. The van der Waals surface area contributed by atoms with Crippen molar-refractivity contribution >= 4 is 0 Å². The summed E-state index contributed by atoms with van der Waals surface area (Å²) in [4.78, 5) is 4.15. The van der Waals surface area contributed by atoms with Crippen LogP contribution in [-0.4, -0.2) is 22.3 Å². The zero-order chi connectivity index (χ0) is 14.8. The molecule has 1 fully saturated rings. The zero-order valence-electron chi connectivity index (χ0n) is 11.4. The predicted octanol–water partition coefficient (Wildman–Crippen LogP) is 3.31. The van der Waals surface area contributed by atoms with Crippen LogP contribution in [0.3, 0.4) is 0 Å². The van der Waals surface area contributed by atoms with Gasteiger partial charge in [0.15, 0.2) is 0 Å². The summed E-state index contributed by atoms with van der Waals surface area (Å²) in [5.41, 5.74) is 1.13. The Labute approximate surface area is 116 Å². The first-order chi connectivity index (χ1) is 9.38. The van der Waals surface area contributed by atoms with E-state index in [1.54, 1.807) is 13.0 Å². The van der Waals surface area contributed by atoms with E-state index < -0.39 is 18.1 Å². The molecule has 0 aliphatic heterocycles. The average molecular weight is 288 g/mol. The molecule has 1 aromatic heterocycles. The van der Waals surface area contributed by atoms with Gasteiger partial charge in [0.25, 0.3) is 0 Å². The minimum Gasteiger partial charge on any atom is -0.506 e. The number of aromatic nitrogens is 1. The van der Waals surface area contributed by atoms with Crippen LogP contribution in [0.5, 0.6) is 5.75 Å². The second-order valence-electron chi connectivity index (χ2n) is 5.34. The number of alkyl halides is 3. The molecule has 2 N–H and O–H groups in total. The Morgan fingerprint density at radius 1 is 1.30 bits per heavy atom. The third-order valence-electron chi connectivity index (χ3n) is 3.81. The number of pyridine rings is 1. The molecule has 0 saturated heterocycles. The second kappa shape index (κ2) is 5.99. The monoisotopic (exact) mass is 288 g/mol. The van der Waals surface area contributed by atoms with Crippen molar-refractivity contribution in [1.82, 2.24) is 10.3 Å². The fraction of sp³-hybridized carbons (Fsp3) is 0.643. The molecule has 0 amide bonds. The summed E-state index contributed by atoms with van der Waals surface area (Å²) in [5.74, 6) is -1.29. The van der Waals surface area contributed by atoms with Gasteiger partial charge >= 0.3 is 6.18 Å². The lowest BCUT2D eigenvalue weighted by Gasteiger charge is -2.33. The van der Waals surface area contributed by atoms with Gasteiger partial charge in [-0.1, -0.05) is 12.8 Å². The van der Waals surface area contributed by atoms with E-state index in [1.807, 2.05) is 0 Å². The minimum absolute atomic E-state index is 0.0162. The number of hydrogen-bond donors (Lipinski definition) is 2. The first-order valence-electron chi connectivity index (χ1n) is 6.83. The van der Waals surface area contributed by atoms with Crippen molar-refractivity contribution in [1.29, 1.82) is 0 Å².